The van der Waals surface area contributed by atoms with Crippen molar-refractivity contribution < 1.29 is 0 Å². The van der Waals surface area contributed by atoms with Crippen LogP contribution in [0.3, 0.4) is 0 Å². The predicted octanol–water partition coefficient (Wildman–Crippen LogP) is 18.5. The molecular weight excluding hydrogens is 893 g/mol. The summed E-state index contributed by atoms with van der Waals surface area (Å²) in [4.78, 5) is 4.99. The van der Waals surface area contributed by atoms with Crippen molar-refractivity contribution in [1.82, 2.24) is 0 Å². The maximum Gasteiger partial charge on any atom is 0.0727 e. The molecule has 344 valence electrons. The summed E-state index contributed by atoms with van der Waals surface area (Å²) in [6.07, 6.45) is 0. The summed E-state index contributed by atoms with van der Waals surface area (Å²) < 4.78 is 0. The van der Waals surface area contributed by atoms with Crippen LogP contribution in [-0.4, -0.2) is 0 Å². The van der Waals surface area contributed by atoms with Gasteiger partial charge in [0.25, 0.3) is 0 Å². The van der Waals surface area contributed by atoms with E-state index in [1.54, 1.807) is 0 Å². The predicted molar refractivity (Wildman–Crippen MR) is 306 cm³/mol. The van der Waals surface area contributed by atoms with E-state index in [1.807, 2.05) is 0 Å². The fourth-order valence-electron chi connectivity index (χ4n) is 14.2. The van der Waals surface area contributed by atoms with Crippen molar-refractivity contribution >= 4 is 44.9 Å². The average molecular weight is 939 g/mol. The summed E-state index contributed by atoms with van der Waals surface area (Å²) in [5.74, 6) is 0. The molecule has 4 aliphatic rings. The highest BCUT2D eigenvalue weighted by Crippen LogP contribution is 2.67. The second-order valence-corrected chi connectivity index (χ2v) is 20.2. The minimum atomic E-state index is -0.630. The third-order valence-electron chi connectivity index (χ3n) is 16.8. The van der Waals surface area contributed by atoms with Crippen LogP contribution in [0.1, 0.15) is 44.5 Å². The van der Waals surface area contributed by atoms with E-state index in [1.165, 1.54) is 99.8 Å². The smallest absolute Gasteiger partial charge is 0.0727 e. The highest BCUT2D eigenvalue weighted by atomic mass is 15.2. The molecule has 0 bridgehead atoms. The lowest BCUT2D eigenvalue weighted by atomic mass is 9.70. The van der Waals surface area contributed by atoms with E-state index in [-0.39, 0.29) is 0 Å². The van der Waals surface area contributed by atoms with E-state index in [2.05, 4.69) is 289 Å². The van der Waals surface area contributed by atoms with Gasteiger partial charge in [-0.05, 0) is 150 Å². The molecule has 0 radical (unpaired) electrons. The summed E-state index contributed by atoms with van der Waals surface area (Å²) in [6.45, 7) is 0. The first-order chi connectivity index (χ1) is 36.8. The van der Waals surface area contributed by atoms with E-state index in [4.69, 9.17) is 0 Å². The van der Waals surface area contributed by atoms with Crippen molar-refractivity contribution in [2.45, 2.75) is 10.8 Å². The third kappa shape index (κ3) is 5.28. The maximum atomic E-state index is 2.58. The highest BCUT2D eigenvalue weighted by Gasteiger charge is 2.54. The average Bonchev–Trinajstić information content (AvgIpc) is 4.32. The molecule has 74 heavy (non-hydrogen) atoms. The summed E-state index contributed by atoms with van der Waals surface area (Å²) in [6, 6.07) is 105. The number of benzene rings is 12. The van der Waals surface area contributed by atoms with Gasteiger partial charge < -0.3 is 9.80 Å². The first kappa shape index (κ1) is 41.2. The molecule has 12 aromatic rings. The van der Waals surface area contributed by atoms with E-state index in [0.717, 1.165) is 34.1 Å². The van der Waals surface area contributed by atoms with Crippen molar-refractivity contribution in [2.24, 2.45) is 0 Å². The molecule has 2 spiro atoms. The van der Waals surface area contributed by atoms with Crippen molar-refractivity contribution in [3.8, 4) is 44.5 Å². The molecule has 0 saturated carbocycles. The van der Waals surface area contributed by atoms with E-state index in [9.17, 15) is 0 Å². The Kier molecular flexibility index (Phi) is 8.62. The van der Waals surface area contributed by atoms with Gasteiger partial charge in [-0.3, -0.25) is 0 Å². The quantitative estimate of drug-likeness (QED) is 0.164. The Labute approximate surface area is 431 Å². The molecule has 0 fully saturated rings. The molecule has 0 saturated heterocycles. The normalized spacial score (nSPS) is 15.2. The van der Waals surface area contributed by atoms with E-state index >= 15 is 0 Å². The zero-order valence-electron chi connectivity index (χ0n) is 40.5. The van der Waals surface area contributed by atoms with Gasteiger partial charge in [0.1, 0.15) is 0 Å². The second kappa shape index (κ2) is 15.5. The van der Waals surface area contributed by atoms with Crippen LogP contribution in [0.15, 0.2) is 279 Å². The maximum absolute atomic E-state index is 2.58. The monoisotopic (exact) mass is 938 g/mol. The molecule has 0 amide bonds. The van der Waals surface area contributed by atoms with Crippen molar-refractivity contribution in [2.75, 3.05) is 9.80 Å². The number of nitrogens with zero attached hydrogens (tertiary/aromatic N) is 2. The minimum Gasteiger partial charge on any atom is -0.310 e. The van der Waals surface area contributed by atoms with Crippen LogP contribution in [0.2, 0.25) is 0 Å². The van der Waals surface area contributed by atoms with Gasteiger partial charge in [-0.15, -0.1) is 0 Å². The second-order valence-electron chi connectivity index (χ2n) is 20.2. The minimum absolute atomic E-state index is 0.481. The molecule has 12 aromatic carbocycles. The van der Waals surface area contributed by atoms with Crippen LogP contribution < -0.4 is 9.80 Å². The van der Waals surface area contributed by atoms with Gasteiger partial charge in [0.2, 0.25) is 0 Å². The van der Waals surface area contributed by atoms with Crippen LogP contribution >= 0.6 is 0 Å². The number of para-hydroxylation sites is 3. The highest BCUT2D eigenvalue weighted by molar-refractivity contribution is 6.13. The third-order valence-corrected chi connectivity index (χ3v) is 16.8. The molecule has 0 heterocycles. The molecule has 0 aliphatic heterocycles. The fourth-order valence-corrected chi connectivity index (χ4v) is 14.2. The van der Waals surface area contributed by atoms with Gasteiger partial charge in [-0.1, -0.05) is 218 Å². The van der Waals surface area contributed by atoms with Crippen molar-refractivity contribution in [1.29, 1.82) is 0 Å². The van der Waals surface area contributed by atoms with Gasteiger partial charge >= 0.3 is 0 Å². The van der Waals surface area contributed by atoms with Gasteiger partial charge in [-0.2, -0.15) is 0 Å². The van der Waals surface area contributed by atoms with Crippen molar-refractivity contribution in [3.05, 3.63) is 324 Å². The molecule has 0 aromatic heterocycles. The Bertz CT molecular complexity index is 4170. The Morgan fingerprint density at radius 1 is 0.203 bits per heavy atom. The molecule has 1 unspecified atom stereocenters. The van der Waals surface area contributed by atoms with Gasteiger partial charge in [0, 0.05) is 33.7 Å². The summed E-state index contributed by atoms with van der Waals surface area (Å²) in [5, 5.41) is 2.45. The lowest BCUT2D eigenvalue weighted by Gasteiger charge is -2.34. The number of hydrogen-bond donors (Lipinski definition) is 0. The molecule has 1 atom stereocenters. The van der Waals surface area contributed by atoms with Crippen molar-refractivity contribution in [3.63, 3.8) is 0 Å². The molecule has 4 aliphatic carbocycles. The number of anilines is 6. The van der Waals surface area contributed by atoms with E-state index < -0.39 is 10.8 Å². The summed E-state index contributed by atoms with van der Waals surface area (Å²) in [5.41, 5.74) is 26.5. The van der Waals surface area contributed by atoms with Gasteiger partial charge in [-0.25, -0.2) is 0 Å². The molecule has 0 N–H and O–H groups in total. The van der Waals surface area contributed by atoms with Crippen LogP contribution in [-0.2, 0) is 10.8 Å². The Morgan fingerprint density at radius 3 is 1.11 bits per heavy atom. The van der Waals surface area contributed by atoms with Crippen LogP contribution in [0.4, 0.5) is 34.1 Å². The Hall–Kier alpha value is -9.50. The van der Waals surface area contributed by atoms with Gasteiger partial charge in [0.15, 0.2) is 0 Å². The van der Waals surface area contributed by atoms with E-state index in [0.29, 0.717) is 0 Å². The summed E-state index contributed by atoms with van der Waals surface area (Å²) in [7, 11) is 0. The molecule has 2 nitrogen and oxygen atoms in total. The van der Waals surface area contributed by atoms with Crippen LogP contribution in [0, 0.1) is 0 Å². The SMILES string of the molecule is c1ccc(N(c2ccccc2)c2cccc3c2-c2ccccc2C32c3ccccc3-c3c2cc(N(c2ccccc2)c2ccc4c(c2)C2(c5ccccc5-c5ccccc52)c2ccccc2-4)c2ccccc32)cc1. The molecule has 2 heteroatoms. The number of rotatable bonds is 6. The number of hydrogen-bond acceptors (Lipinski definition) is 2. The largest absolute Gasteiger partial charge is 0.310 e. The molecular formula is C72H46N2. The van der Waals surface area contributed by atoms with Gasteiger partial charge in [0.05, 0.1) is 22.2 Å². The summed E-state index contributed by atoms with van der Waals surface area (Å²) >= 11 is 0. The Balaban J connectivity index is 0.991. The van der Waals surface area contributed by atoms with Crippen LogP contribution in [0.25, 0.3) is 55.3 Å². The lowest BCUT2D eigenvalue weighted by Crippen LogP contribution is -2.27. The topological polar surface area (TPSA) is 6.48 Å². The first-order valence-corrected chi connectivity index (χ1v) is 25.8. The zero-order chi connectivity index (χ0) is 48.5. The first-order valence-electron chi connectivity index (χ1n) is 25.8. The van der Waals surface area contributed by atoms with Crippen LogP contribution in [0.5, 0.6) is 0 Å². The number of fused-ring (bicyclic) bond motifs is 22. The Morgan fingerprint density at radius 2 is 0.581 bits per heavy atom. The fraction of sp³-hybridized carbons (Fsp3) is 0.0278. The molecule has 16 rings (SSSR count). The standard InChI is InChI=1S/C72H46N2/c1-4-23-47(24-5-1)73(48-25-6-2-7-26-48)67-42-22-41-64-70(67)58-35-16-21-40-63(58)72(64)62-39-20-15-34-57(62)69-56-33-11-10-32-55(56)68(46-66(69)72)74(49-27-8-3-9-28-49)50-43-44-54-53-31-14-19-38-61(53)71(65(54)45-50)59-36-17-12-29-51(59)52-30-13-18-37-60(52)71/h1-46H. The zero-order valence-corrected chi connectivity index (χ0v) is 40.5. The lowest BCUT2D eigenvalue weighted by molar-refractivity contribution is 0.793.